The molecule has 24 heavy (non-hydrogen) atoms. The van der Waals surface area contributed by atoms with Crippen molar-refractivity contribution in [1.82, 2.24) is 0 Å². The second-order valence-electron chi connectivity index (χ2n) is 5.75. The molecule has 0 aliphatic carbocycles. The average molecular weight is 349 g/mol. The van der Waals surface area contributed by atoms with Gasteiger partial charge in [-0.3, -0.25) is 0 Å². The molecule has 0 fully saturated rings. The molecule has 0 aromatic heterocycles. The summed E-state index contributed by atoms with van der Waals surface area (Å²) in [5.41, 5.74) is 1.85. The minimum absolute atomic E-state index is 0.567. The van der Waals surface area contributed by atoms with Gasteiger partial charge in [0, 0.05) is 0 Å². The number of hydrogen-bond donors (Lipinski definition) is 0. The van der Waals surface area contributed by atoms with Gasteiger partial charge in [0.25, 0.3) is 0 Å². The molecule has 0 heterocycles. The number of rotatable bonds is 2. The van der Waals surface area contributed by atoms with E-state index in [0.717, 1.165) is 21.9 Å². The molecule has 0 spiro atoms. The van der Waals surface area contributed by atoms with Gasteiger partial charge in [-0.2, -0.15) is 0 Å². The van der Waals surface area contributed by atoms with E-state index in [9.17, 15) is 0 Å². The van der Waals surface area contributed by atoms with E-state index < -0.39 is 0 Å². The Hall–Kier alpha value is -2.28. The fourth-order valence-corrected chi connectivity index (χ4v) is 3.36. The topological polar surface area (TPSA) is 0 Å². The monoisotopic (exact) mass is 348 g/mol. The third-order valence-electron chi connectivity index (χ3n) is 4.20. The van der Waals surface area contributed by atoms with E-state index in [0.29, 0.717) is 10.1 Å². The Morgan fingerprint density at radius 1 is 0.458 bits per heavy atom. The summed E-state index contributed by atoms with van der Waals surface area (Å²) in [6, 6.07) is 28.7. The Bertz CT molecular complexity index is 990. The van der Waals surface area contributed by atoms with Gasteiger partial charge >= 0.3 is 0 Å². The molecule has 4 aromatic rings. The Morgan fingerprint density at radius 2 is 0.833 bits per heavy atom. The maximum Gasteiger partial charge on any atom is 0.0670 e. The first-order chi connectivity index (χ1) is 11.7. The number of fused-ring (bicyclic) bond motifs is 2. The van der Waals surface area contributed by atoms with Crippen LogP contribution in [0.5, 0.6) is 0 Å². The molecule has 0 unspecified atom stereocenters. The van der Waals surface area contributed by atoms with E-state index >= 15 is 0 Å². The van der Waals surface area contributed by atoms with Gasteiger partial charge in [0.2, 0.25) is 0 Å². The molecule has 0 amide bonds. The molecule has 116 valence electrons. The maximum absolute atomic E-state index is 6.59. The van der Waals surface area contributed by atoms with E-state index in [1.165, 1.54) is 10.8 Å². The molecular weight excluding hydrogens is 335 g/mol. The summed E-state index contributed by atoms with van der Waals surface area (Å²) in [5.74, 6) is 0. The van der Waals surface area contributed by atoms with Crippen LogP contribution < -0.4 is 0 Å². The van der Waals surface area contributed by atoms with E-state index in [1.54, 1.807) is 0 Å². The summed E-state index contributed by atoms with van der Waals surface area (Å²) in [4.78, 5) is 0. The highest BCUT2D eigenvalue weighted by Crippen LogP contribution is 2.35. The van der Waals surface area contributed by atoms with E-state index in [4.69, 9.17) is 23.2 Å². The van der Waals surface area contributed by atoms with Crippen molar-refractivity contribution in [3.63, 3.8) is 0 Å². The molecule has 0 bridgehead atoms. The Morgan fingerprint density at radius 3 is 1.25 bits per heavy atom. The zero-order valence-electron chi connectivity index (χ0n) is 12.8. The van der Waals surface area contributed by atoms with Crippen LogP contribution in [0.25, 0.3) is 31.6 Å². The molecule has 4 rings (SSSR count). The highest BCUT2D eigenvalue weighted by Gasteiger charge is 2.09. The van der Waals surface area contributed by atoms with Crippen LogP contribution in [0.3, 0.4) is 0 Å². The van der Waals surface area contributed by atoms with Crippen LogP contribution in [-0.2, 0) is 0 Å². The third-order valence-corrected chi connectivity index (χ3v) is 5.11. The van der Waals surface area contributed by atoms with Crippen molar-refractivity contribution in [2.75, 3.05) is 0 Å². The molecule has 0 aliphatic heterocycles. The van der Waals surface area contributed by atoms with Gasteiger partial charge in [0.15, 0.2) is 0 Å². The molecule has 4 aromatic carbocycles. The molecule has 2 heteroatoms. The predicted octanol–water partition coefficient (Wildman–Crippen LogP) is 7.30. The van der Waals surface area contributed by atoms with Gasteiger partial charge < -0.3 is 0 Å². The van der Waals surface area contributed by atoms with Crippen LogP contribution in [0, 0.1) is 0 Å². The van der Waals surface area contributed by atoms with Crippen LogP contribution >= 0.6 is 23.2 Å². The minimum atomic E-state index is 0.567. The SMILES string of the molecule is ClC(=C(Cl)c1ccc2ccccc2c1)c1ccc2ccccc2c1. The van der Waals surface area contributed by atoms with Gasteiger partial charge in [0.1, 0.15) is 0 Å². The van der Waals surface area contributed by atoms with Gasteiger partial charge in [-0.05, 0) is 44.8 Å². The fourth-order valence-electron chi connectivity index (χ4n) is 2.91. The average Bonchev–Trinajstić information content (AvgIpc) is 2.66. The van der Waals surface area contributed by atoms with Gasteiger partial charge in [-0.1, -0.05) is 96.0 Å². The van der Waals surface area contributed by atoms with Gasteiger partial charge in [0.05, 0.1) is 10.1 Å². The molecule has 0 saturated carbocycles. The van der Waals surface area contributed by atoms with E-state index in [1.807, 2.05) is 36.4 Å². The van der Waals surface area contributed by atoms with Crippen molar-refractivity contribution >= 4 is 54.8 Å². The first-order valence-corrected chi connectivity index (χ1v) is 8.51. The number of benzene rings is 4. The maximum atomic E-state index is 6.59. The second-order valence-corrected chi connectivity index (χ2v) is 6.51. The molecule has 0 atom stereocenters. The lowest BCUT2D eigenvalue weighted by atomic mass is 10.0. The zero-order chi connectivity index (χ0) is 16.5. The largest absolute Gasteiger partial charge is 0.0820 e. The molecule has 0 aliphatic rings. The highest BCUT2D eigenvalue weighted by molar-refractivity contribution is 6.65. The highest BCUT2D eigenvalue weighted by atomic mass is 35.5. The van der Waals surface area contributed by atoms with Crippen molar-refractivity contribution < 1.29 is 0 Å². The predicted molar refractivity (Wildman–Crippen MR) is 106 cm³/mol. The van der Waals surface area contributed by atoms with E-state index in [2.05, 4.69) is 48.5 Å². The lowest BCUT2D eigenvalue weighted by Gasteiger charge is -2.08. The summed E-state index contributed by atoms with van der Waals surface area (Å²) in [7, 11) is 0. The molecular formula is C22H14Cl2. The molecule has 0 saturated heterocycles. The normalized spacial score (nSPS) is 12.4. The molecule has 0 nitrogen and oxygen atoms in total. The summed E-state index contributed by atoms with van der Waals surface area (Å²) in [5, 5.41) is 5.81. The van der Waals surface area contributed by atoms with Crippen LogP contribution in [-0.4, -0.2) is 0 Å². The lowest BCUT2D eigenvalue weighted by Crippen LogP contribution is -1.84. The van der Waals surface area contributed by atoms with Crippen molar-refractivity contribution in [2.24, 2.45) is 0 Å². The molecule has 0 N–H and O–H groups in total. The third kappa shape index (κ3) is 2.80. The van der Waals surface area contributed by atoms with Crippen molar-refractivity contribution in [1.29, 1.82) is 0 Å². The Balaban J connectivity index is 1.82. The number of halogens is 2. The van der Waals surface area contributed by atoms with Crippen LogP contribution in [0.15, 0.2) is 84.9 Å². The van der Waals surface area contributed by atoms with Crippen LogP contribution in [0.2, 0.25) is 0 Å². The summed E-state index contributed by atoms with van der Waals surface area (Å²) < 4.78 is 0. The van der Waals surface area contributed by atoms with Gasteiger partial charge in [-0.15, -0.1) is 0 Å². The van der Waals surface area contributed by atoms with E-state index in [-0.39, 0.29) is 0 Å². The molecule has 0 radical (unpaired) electrons. The fraction of sp³-hybridized carbons (Fsp3) is 0. The Labute approximate surface area is 150 Å². The summed E-state index contributed by atoms with van der Waals surface area (Å²) in [6.45, 7) is 0. The summed E-state index contributed by atoms with van der Waals surface area (Å²) in [6.07, 6.45) is 0. The zero-order valence-corrected chi connectivity index (χ0v) is 14.4. The smallest absolute Gasteiger partial charge is 0.0670 e. The van der Waals surface area contributed by atoms with Crippen LogP contribution in [0.4, 0.5) is 0 Å². The van der Waals surface area contributed by atoms with Gasteiger partial charge in [-0.25, -0.2) is 0 Å². The first kappa shape index (κ1) is 15.3. The second kappa shape index (κ2) is 6.32. The first-order valence-electron chi connectivity index (χ1n) is 7.76. The minimum Gasteiger partial charge on any atom is -0.0820 e. The van der Waals surface area contributed by atoms with Crippen molar-refractivity contribution in [3.05, 3.63) is 96.1 Å². The number of hydrogen-bond acceptors (Lipinski definition) is 0. The van der Waals surface area contributed by atoms with Crippen LogP contribution in [0.1, 0.15) is 11.1 Å². The van der Waals surface area contributed by atoms with Crippen molar-refractivity contribution in [2.45, 2.75) is 0 Å². The Kier molecular flexibility index (Phi) is 4.02. The quantitative estimate of drug-likeness (QED) is 0.333. The lowest BCUT2D eigenvalue weighted by molar-refractivity contribution is 1.67. The standard InChI is InChI=1S/C22H14Cl2/c23-21(19-11-9-15-5-1-3-7-17(15)13-19)22(24)20-12-10-16-6-2-4-8-18(16)14-20/h1-14H. The summed E-state index contributed by atoms with van der Waals surface area (Å²) >= 11 is 13.2. The van der Waals surface area contributed by atoms with Crippen molar-refractivity contribution in [3.8, 4) is 0 Å².